The maximum Gasteiger partial charge on any atom is 0.274 e. The highest BCUT2D eigenvalue weighted by atomic mass is 16.5. The Balaban J connectivity index is 1.68. The highest BCUT2D eigenvalue weighted by Gasteiger charge is 2.25. The lowest BCUT2D eigenvalue weighted by Crippen LogP contribution is -2.16. The van der Waals surface area contributed by atoms with E-state index in [0.717, 1.165) is 35.2 Å². The monoisotopic (exact) mass is 333 g/mol. The van der Waals surface area contributed by atoms with Crippen molar-refractivity contribution in [1.29, 1.82) is 0 Å². The first-order valence-electron chi connectivity index (χ1n) is 8.29. The van der Waals surface area contributed by atoms with Gasteiger partial charge < -0.3 is 10.1 Å². The summed E-state index contributed by atoms with van der Waals surface area (Å²) in [4.78, 5) is 12.8. The number of carbonyl (C=O) groups excluding carboxylic acids is 1. The van der Waals surface area contributed by atoms with E-state index in [2.05, 4.69) is 27.6 Å². The van der Waals surface area contributed by atoms with Gasteiger partial charge in [-0.2, -0.15) is 5.10 Å². The number of ether oxygens (including phenoxy) is 1. The van der Waals surface area contributed by atoms with E-state index in [0.29, 0.717) is 17.1 Å². The van der Waals surface area contributed by atoms with Crippen molar-refractivity contribution in [2.75, 3.05) is 12.4 Å². The van der Waals surface area contributed by atoms with E-state index >= 15 is 0 Å². The standard InChI is InChI=1S/C20H19N3O2/c1-12-7-10-17(25-2)16(11-12)21-20(24)19-15-9-8-13-5-3-4-6-14(13)18(15)22-23-19/h3-7,10-11H,8-9H2,1-2H3,(H,21,24)(H,22,23). The number of aromatic nitrogens is 2. The third-order valence-electron chi connectivity index (χ3n) is 4.61. The van der Waals surface area contributed by atoms with Crippen LogP contribution in [-0.4, -0.2) is 23.2 Å². The fraction of sp³-hybridized carbons (Fsp3) is 0.200. The number of aromatic amines is 1. The fourth-order valence-corrected chi connectivity index (χ4v) is 3.35. The Morgan fingerprint density at radius 1 is 1.20 bits per heavy atom. The molecule has 5 nitrogen and oxygen atoms in total. The second-order valence-corrected chi connectivity index (χ2v) is 6.24. The molecule has 0 unspecified atom stereocenters. The second-order valence-electron chi connectivity index (χ2n) is 6.24. The molecule has 1 amide bonds. The van der Waals surface area contributed by atoms with E-state index in [-0.39, 0.29) is 5.91 Å². The van der Waals surface area contributed by atoms with E-state index in [1.807, 2.05) is 37.3 Å². The summed E-state index contributed by atoms with van der Waals surface area (Å²) in [5.74, 6) is 0.440. The van der Waals surface area contributed by atoms with E-state index in [1.165, 1.54) is 5.56 Å². The normalized spacial score (nSPS) is 12.2. The summed E-state index contributed by atoms with van der Waals surface area (Å²) < 4.78 is 5.34. The molecule has 2 N–H and O–H groups in total. The van der Waals surface area contributed by atoms with Gasteiger partial charge in [0.15, 0.2) is 0 Å². The van der Waals surface area contributed by atoms with Crippen molar-refractivity contribution >= 4 is 11.6 Å². The van der Waals surface area contributed by atoms with Gasteiger partial charge in [-0.25, -0.2) is 0 Å². The lowest BCUT2D eigenvalue weighted by Gasteiger charge is -2.16. The zero-order chi connectivity index (χ0) is 17.4. The number of rotatable bonds is 3. The van der Waals surface area contributed by atoms with Gasteiger partial charge in [0, 0.05) is 11.1 Å². The quantitative estimate of drug-likeness (QED) is 0.767. The number of hydrogen-bond acceptors (Lipinski definition) is 3. The van der Waals surface area contributed by atoms with Gasteiger partial charge in [0.2, 0.25) is 0 Å². The van der Waals surface area contributed by atoms with Gasteiger partial charge in [-0.15, -0.1) is 0 Å². The number of nitrogens with one attached hydrogen (secondary N) is 2. The van der Waals surface area contributed by atoms with E-state index in [9.17, 15) is 4.79 Å². The van der Waals surface area contributed by atoms with Crippen LogP contribution >= 0.6 is 0 Å². The minimum atomic E-state index is -0.197. The number of hydrogen-bond donors (Lipinski definition) is 2. The van der Waals surface area contributed by atoms with Crippen LogP contribution in [0.15, 0.2) is 42.5 Å². The molecule has 1 aliphatic rings. The van der Waals surface area contributed by atoms with E-state index < -0.39 is 0 Å². The average molecular weight is 333 g/mol. The molecule has 25 heavy (non-hydrogen) atoms. The van der Waals surface area contributed by atoms with Crippen molar-refractivity contribution < 1.29 is 9.53 Å². The van der Waals surface area contributed by atoms with Gasteiger partial charge in [-0.05, 0) is 43.0 Å². The van der Waals surface area contributed by atoms with E-state index in [4.69, 9.17) is 4.74 Å². The minimum absolute atomic E-state index is 0.197. The molecule has 1 aromatic heterocycles. The predicted molar refractivity (Wildman–Crippen MR) is 97.1 cm³/mol. The highest BCUT2D eigenvalue weighted by Crippen LogP contribution is 2.34. The van der Waals surface area contributed by atoms with Crippen LogP contribution in [-0.2, 0) is 12.8 Å². The molecule has 5 heteroatoms. The molecule has 0 fully saturated rings. The third-order valence-corrected chi connectivity index (χ3v) is 4.61. The topological polar surface area (TPSA) is 67.0 Å². The van der Waals surface area contributed by atoms with Gasteiger partial charge in [0.25, 0.3) is 5.91 Å². The Hall–Kier alpha value is -3.08. The molecule has 0 radical (unpaired) electrons. The van der Waals surface area contributed by atoms with Crippen LogP contribution in [0.5, 0.6) is 5.75 Å². The Kier molecular flexibility index (Phi) is 3.76. The van der Waals surface area contributed by atoms with Crippen molar-refractivity contribution in [3.05, 3.63) is 64.8 Å². The first-order valence-corrected chi connectivity index (χ1v) is 8.29. The van der Waals surface area contributed by atoms with Crippen molar-refractivity contribution in [1.82, 2.24) is 10.2 Å². The predicted octanol–water partition coefficient (Wildman–Crippen LogP) is 3.74. The maximum atomic E-state index is 12.8. The van der Waals surface area contributed by atoms with Crippen molar-refractivity contribution in [2.24, 2.45) is 0 Å². The third kappa shape index (κ3) is 2.67. The van der Waals surface area contributed by atoms with Gasteiger partial charge in [0.1, 0.15) is 11.4 Å². The minimum Gasteiger partial charge on any atom is -0.495 e. The first-order chi connectivity index (χ1) is 12.2. The van der Waals surface area contributed by atoms with Gasteiger partial charge in [0.05, 0.1) is 18.5 Å². The molecule has 2 aromatic carbocycles. The number of amides is 1. The van der Waals surface area contributed by atoms with Crippen LogP contribution < -0.4 is 10.1 Å². The fourth-order valence-electron chi connectivity index (χ4n) is 3.35. The summed E-state index contributed by atoms with van der Waals surface area (Å²) in [5.41, 5.74) is 6.46. The summed E-state index contributed by atoms with van der Waals surface area (Å²) in [5, 5.41) is 10.3. The summed E-state index contributed by atoms with van der Waals surface area (Å²) in [7, 11) is 1.59. The Morgan fingerprint density at radius 3 is 2.88 bits per heavy atom. The number of carbonyl (C=O) groups is 1. The van der Waals surface area contributed by atoms with Crippen molar-refractivity contribution in [2.45, 2.75) is 19.8 Å². The number of anilines is 1. The van der Waals surface area contributed by atoms with Crippen LogP contribution in [0.1, 0.15) is 27.2 Å². The molecule has 0 spiro atoms. The molecule has 0 saturated heterocycles. The molecule has 4 rings (SSSR count). The first kappa shape index (κ1) is 15.4. The van der Waals surface area contributed by atoms with Crippen molar-refractivity contribution in [3.8, 4) is 17.0 Å². The number of benzene rings is 2. The molecule has 0 atom stereocenters. The largest absolute Gasteiger partial charge is 0.495 e. The number of H-pyrrole nitrogens is 1. The molecule has 0 aliphatic heterocycles. The van der Waals surface area contributed by atoms with Gasteiger partial charge >= 0.3 is 0 Å². The highest BCUT2D eigenvalue weighted by molar-refractivity contribution is 6.05. The maximum absolute atomic E-state index is 12.8. The van der Waals surface area contributed by atoms with Crippen LogP contribution in [0.4, 0.5) is 5.69 Å². The Labute approximate surface area is 146 Å². The molecule has 126 valence electrons. The molecule has 1 heterocycles. The van der Waals surface area contributed by atoms with Gasteiger partial charge in [-0.3, -0.25) is 9.89 Å². The van der Waals surface area contributed by atoms with Crippen LogP contribution in [0, 0.1) is 6.92 Å². The number of methoxy groups -OCH3 is 1. The summed E-state index contributed by atoms with van der Waals surface area (Å²) in [6, 6.07) is 13.9. The molecule has 1 aliphatic carbocycles. The zero-order valence-corrected chi connectivity index (χ0v) is 14.2. The Morgan fingerprint density at radius 2 is 2.04 bits per heavy atom. The lowest BCUT2D eigenvalue weighted by molar-refractivity contribution is 0.102. The number of fused-ring (bicyclic) bond motifs is 3. The smallest absolute Gasteiger partial charge is 0.274 e. The molecule has 3 aromatic rings. The Bertz CT molecular complexity index is 959. The second kappa shape index (κ2) is 6.09. The lowest BCUT2D eigenvalue weighted by atomic mass is 9.89. The zero-order valence-electron chi connectivity index (χ0n) is 14.2. The van der Waals surface area contributed by atoms with E-state index in [1.54, 1.807) is 7.11 Å². The molecule has 0 saturated carbocycles. The number of nitrogens with zero attached hydrogens (tertiary/aromatic N) is 1. The summed E-state index contributed by atoms with van der Waals surface area (Å²) in [6.07, 6.45) is 1.72. The summed E-state index contributed by atoms with van der Waals surface area (Å²) in [6.45, 7) is 1.98. The molecular weight excluding hydrogens is 314 g/mol. The average Bonchev–Trinajstić information content (AvgIpc) is 3.06. The van der Waals surface area contributed by atoms with Crippen LogP contribution in [0.2, 0.25) is 0 Å². The summed E-state index contributed by atoms with van der Waals surface area (Å²) >= 11 is 0. The number of aryl methyl sites for hydroxylation is 2. The van der Waals surface area contributed by atoms with Crippen LogP contribution in [0.3, 0.4) is 0 Å². The van der Waals surface area contributed by atoms with Gasteiger partial charge in [-0.1, -0.05) is 30.3 Å². The van der Waals surface area contributed by atoms with Crippen LogP contribution in [0.25, 0.3) is 11.3 Å². The molecular formula is C20H19N3O2. The SMILES string of the molecule is COc1ccc(C)cc1NC(=O)c1[nH]nc2c1CCc1ccccc1-2. The van der Waals surface area contributed by atoms with Crippen molar-refractivity contribution in [3.63, 3.8) is 0 Å². The molecule has 0 bridgehead atoms.